The third-order valence-corrected chi connectivity index (χ3v) is 2.16. The van der Waals surface area contributed by atoms with E-state index < -0.39 is 0 Å². The topological polar surface area (TPSA) is 17.8 Å². The van der Waals surface area contributed by atoms with Crippen LogP contribution in [0.5, 0.6) is 0 Å². The van der Waals surface area contributed by atoms with Gasteiger partial charge in [0, 0.05) is 6.07 Å². The Kier molecular flexibility index (Phi) is 2.35. The molecule has 0 aliphatic heterocycles. The SMILES string of the molecule is CC(C)c1[c]cnn1-c1ccccc1. The highest BCUT2D eigenvalue weighted by Gasteiger charge is 2.07. The molecule has 2 nitrogen and oxygen atoms in total. The summed E-state index contributed by atoms with van der Waals surface area (Å²) in [5.74, 6) is 0.442. The van der Waals surface area contributed by atoms with E-state index >= 15 is 0 Å². The minimum absolute atomic E-state index is 0.442. The van der Waals surface area contributed by atoms with Crippen molar-refractivity contribution in [1.82, 2.24) is 9.78 Å². The van der Waals surface area contributed by atoms with Crippen LogP contribution >= 0.6 is 0 Å². The van der Waals surface area contributed by atoms with Crippen LogP contribution in [0.4, 0.5) is 0 Å². The van der Waals surface area contributed by atoms with Crippen LogP contribution in [0, 0.1) is 6.07 Å². The van der Waals surface area contributed by atoms with Crippen LogP contribution in [0.3, 0.4) is 0 Å². The normalized spacial score (nSPS) is 10.8. The summed E-state index contributed by atoms with van der Waals surface area (Å²) < 4.78 is 1.94. The Balaban J connectivity index is 2.47. The van der Waals surface area contributed by atoms with Gasteiger partial charge in [0.25, 0.3) is 0 Å². The standard InChI is InChI=1S/C12H13N2/c1-10(2)12-8-9-13-14(12)11-6-4-3-5-7-11/h3-7,9-10H,1-2H3. The Morgan fingerprint density at radius 3 is 2.57 bits per heavy atom. The third-order valence-electron chi connectivity index (χ3n) is 2.16. The first-order valence-corrected chi connectivity index (χ1v) is 4.80. The molecule has 14 heavy (non-hydrogen) atoms. The van der Waals surface area contributed by atoms with Gasteiger partial charge in [0.05, 0.1) is 17.6 Å². The van der Waals surface area contributed by atoms with Crippen LogP contribution in [-0.4, -0.2) is 9.78 Å². The maximum absolute atomic E-state index is 4.27. The van der Waals surface area contributed by atoms with Crippen molar-refractivity contribution in [3.05, 3.63) is 48.3 Å². The summed E-state index contributed by atoms with van der Waals surface area (Å²) in [7, 11) is 0. The van der Waals surface area contributed by atoms with Crippen molar-refractivity contribution in [3.8, 4) is 5.69 Å². The summed E-state index contributed by atoms with van der Waals surface area (Å²) in [6.07, 6.45) is 1.72. The molecule has 0 spiro atoms. The zero-order valence-electron chi connectivity index (χ0n) is 8.44. The van der Waals surface area contributed by atoms with Crippen LogP contribution in [0.1, 0.15) is 25.5 Å². The summed E-state index contributed by atoms with van der Waals surface area (Å²) in [5.41, 5.74) is 2.22. The predicted molar refractivity (Wildman–Crippen MR) is 56.5 cm³/mol. The Labute approximate surface area is 84.2 Å². The fourth-order valence-corrected chi connectivity index (χ4v) is 1.46. The average molecular weight is 185 g/mol. The highest BCUT2D eigenvalue weighted by Crippen LogP contribution is 2.16. The number of hydrogen-bond acceptors (Lipinski definition) is 1. The van der Waals surface area contributed by atoms with Gasteiger partial charge in [-0.3, -0.25) is 0 Å². The molecule has 2 heteroatoms. The summed E-state index contributed by atoms with van der Waals surface area (Å²) in [6, 6.07) is 13.3. The van der Waals surface area contributed by atoms with Crippen molar-refractivity contribution in [2.75, 3.05) is 0 Å². The monoisotopic (exact) mass is 185 g/mol. The Hall–Kier alpha value is -1.57. The van der Waals surface area contributed by atoms with Crippen molar-refractivity contribution in [1.29, 1.82) is 0 Å². The van der Waals surface area contributed by atoms with Crippen molar-refractivity contribution < 1.29 is 0 Å². The number of hydrogen-bond donors (Lipinski definition) is 0. The van der Waals surface area contributed by atoms with Gasteiger partial charge in [-0.2, -0.15) is 5.10 Å². The lowest BCUT2D eigenvalue weighted by molar-refractivity contribution is 0.733. The third kappa shape index (κ3) is 1.55. The highest BCUT2D eigenvalue weighted by molar-refractivity contribution is 5.32. The second-order valence-corrected chi connectivity index (χ2v) is 3.58. The lowest BCUT2D eigenvalue weighted by Gasteiger charge is -2.09. The number of rotatable bonds is 2. The molecule has 1 aromatic heterocycles. The lowest BCUT2D eigenvalue weighted by atomic mass is 10.1. The van der Waals surface area contributed by atoms with Gasteiger partial charge in [-0.1, -0.05) is 32.0 Å². The van der Waals surface area contributed by atoms with Crippen LogP contribution in [0.25, 0.3) is 5.69 Å². The van der Waals surface area contributed by atoms with Crippen LogP contribution < -0.4 is 0 Å². The molecule has 0 N–H and O–H groups in total. The molecule has 0 aliphatic carbocycles. The predicted octanol–water partition coefficient (Wildman–Crippen LogP) is 2.80. The second kappa shape index (κ2) is 3.66. The molecule has 2 rings (SSSR count). The summed E-state index contributed by atoms with van der Waals surface area (Å²) >= 11 is 0. The fourth-order valence-electron chi connectivity index (χ4n) is 1.46. The average Bonchev–Trinajstić information content (AvgIpc) is 2.67. The van der Waals surface area contributed by atoms with E-state index in [9.17, 15) is 0 Å². The summed E-state index contributed by atoms with van der Waals surface area (Å²) in [4.78, 5) is 0. The number of aromatic nitrogens is 2. The molecule has 0 atom stereocenters. The van der Waals surface area contributed by atoms with E-state index in [0.29, 0.717) is 5.92 Å². The van der Waals surface area contributed by atoms with Crippen molar-refractivity contribution in [3.63, 3.8) is 0 Å². The molecule has 0 fully saturated rings. The van der Waals surface area contributed by atoms with E-state index in [-0.39, 0.29) is 0 Å². The molecule has 1 aromatic carbocycles. The van der Waals surface area contributed by atoms with Gasteiger partial charge in [-0.05, 0) is 18.1 Å². The number of benzene rings is 1. The first-order chi connectivity index (χ1) is 6.79. The van der Waals surface area contributed by atoms with Crippen molar-refractivity contribution >= 4 is 0 Å². The molecule has 0 bridgehead atoms. The minimum Gasteiger partial charge on any atom is -0.237 e. The van der Waals surface area contributed by atoms with Crippen LogP contribution in [0.15, 0.2) is 36.5 Å². The molecule has 1 heterocycles. The molecule has 0 saturated carbocycles. The zero-order chi connectivity index (χ0) is 9.97. The van der Waals surface area contributed by atoms with Crippen molar-refractivity contribution in [2.24, 2.45) is 0 Å². The zero-order valence-corrected chi connectivity index (χ0v) is 8.44. The molecular formula is C12H13N2. The van der Waals surface area contributed by atoms with E-state index in [0.717, 1.165) is 11.4 Å². The van der Waals surface area contributed by atoms with E-state index in [1.807, 2.05) is 35.0 Å². The van der Waals surface area contributed by atoms with Gasteiger partial charge in [0.1, 0.15) is 0 Å². The molecule has 0 unspecified atom stereocenters. The number of nitrogens with zero attached hydrogens (tertiary/aromatic N) is 2. The summed E-state index contributed by atoms with van der Waals surface area (Å²) in [5, 5.41) is 4.27. The maximum Gasteiger partial charge on any atom is 0.0649 e. The van der Waals surface area contributed by atoms with E-state index in [1.54, 1.807) is 6.20 Å². The van der Waals surface area contributed by atoms with E-state index in [1.165, 1.54) is 0 Å². The second-order valence-electron chi connectivity index (χ2n) is 3.58. The molecule has 0 amide bonds. The van der Waals surface area contributed by atoms with Gasteiger partial charge in [-0.25, -0.2) is 4.68 Å². The summed E-state index contributed by atoms with van der Waals surface area (Å²) in [6.45, 7) is 4.29. The number of para-hydroxylation sites is 1. The minimum atomic E-state index is 0.442. The smallest absolute Gasteiger partial charge is 0.0649 e. The Morgan fingerprint density at radius 1 is 1.21 bits per heavy atom. The molecular weight excluding hydrogens is 172 g/mol. The first-order valence-electron chi connectivity index (χ1n) is 4.80. The quantitative estimate of drug-likeness (QED) is 0.703. The molecule has 71 valence electrons. The van der Waals surface area contributed by atoms with Gasteiger partial charge >= 0.3 is 0 Å². The van der Waals surface area contributed by atoms with E-state index in [2.05, 4.69) is 25.0 Å². The molecule has 0 saturated heterocycles. The van der Waals surface area contributed by atoms with Gasteiger partial charge in [0.2, 0.25) is 0 Å². The van der Waals surface area contributed by atoms with Crippen LogP contribution in [0.2, 0.25) is 0 Å². The Bertz CT molecular complexity index is 401. The lowest BCUT2D eigenvalue weighted by Crippen LogP contribution is -2.03. The first kappa shape index (κ1) is 9.00. The molecule has 2 aromatic rings. The molecule has 0 aliphatic rings. The highest BCUT2D eigenvalue weighted by atomic mass is 15.3. The van der Waals surface area contributed by atoms with Crippen molar-refractivity contribution in [2.45, 2.75) is 19.8 Å². The van der Waals surface area contributed by atoms with E-state index in [4.69, 9.17) is 0 Å². The van der Waals surface area contributed by atoms with Gasteiger partial charge in [0.15, 0.2) is 0 Å². The van der Waals surface area contributed by atoms with Gasteiger partial charge < -0.3 is 0 Å². The largest absolute Gasteiger partial charge is 0.237 e. The maximum atomic E-state index is 4.27. The fraction of sp³-hybridized carbons (Fsp3) is 0.250. The molecule has 1 radical (unpaired) electrons. The van der Waals surface area contributed by atoms with Gasteiger partial charge in [-0.15, -0.1) is 0 Å². The Morgan fingerprint density at radius 2 is 1.93 bits per heavy atom. The van der Waals surface area contributed by atoms with Crippen LogP contribution in [-0.2, 0) is 0 Å².